The van der Waals surface area contributed by atoms with Gasteiger partial charge >= 0.3 is 0 Å². The van der Waals surface area contributed by atoms with Crippen molar-refractivity contribution in [2.24, 2.45) is 0 Å². The van der Waals surface area contributed by atoms with Crippen LogP contribution in [-0.2, 0) is 13.1 Å². The van der Waals surface area contributed by atoms with Gasteiger partial charge in [0.2, 0.25) is 0 Å². The maximum atomic E-state index is 4.57. The van der Waals surface area contributed by atoms with Gasteiger partial charge in [-0.05, 0) is 47.5 Å². The zero-order chi connectivity index (χ0) is 20.9. The molecule has 0 N–H and O–H groups in total. The lowest BCUT2D eigenvalue weighted by Gasteiger charge is -2.21. The summed E-state index contributed by atoms with van der Waals surface area (Å²) in [7, 11) is 0. The highest BCUT2D eigenvalue weighted by molar-refractivity contribution is 5.54. The summed E-state index contributed by atoms with van der Waals surface area (Å²) >= 11 is 0. The van der Waals surface area contributed by atoms with E-state index in [0.717, 1.165) is 42.5 Å². The third kappa shape index (κ3) is 4.59. The molecule has 152 valence electrons. The lowest BCUT2D eigenvalue weighted by molar-refractivity contribution is 0.254. The minimum absolute atomic E-state index is 0.819. The van der Waals surface area contributed by atoms with Gasteiger partial charge in [-0.2, -0.15) is 0 Å². The Morgan fingerprint density at radius 3 is 1.42 bits per heavy atom. The highest BCUT2D eigenvalue weighted by Gasteiger charge is 2.13. The molecule has 0 radical (unpaired) electrons. The standard InChI is InChI=1S/C25H22N6/c1-3-11-26-22(5-1)24-9-7-20(15-28-24)17-30-13-14-31(19-30)18-21-8-10-25(29-16-21)23-6-2-4-12-27-23/h1-16H,17-19H2. The molecule has 0 spiro atoms. The Kier molecular flexibility index (Phi) is 5.35. The summed E-state index contributed by atoms with van der Waals surface area (Å²) in [4.78, 5) is 22.4. The van der Waals surface area contributed by atoms with Crippen molar-refractivity contribution in [1.82, 2.24) is 29.7 Å². The van der Waals surface area contributed by atoms with E-state index in [-0.39, 0.29) is 0 Å². The summed E-state index contributed by atoms with van der Waals surface area (Å²) in [6, 6.07) is 20.0. The van der Waals surface area contributed by atoms with Crippen molar-refractivity contribution in [1.29, 1.82) is 0 Å². The fraction of sp³-hybridized carbons (Fsp3) is 0.120. The van der Waals surface area contributed by atoms with Crippen molar-refractivity contribution in [2.75, 3.05) is 6.67 Å². The van der Waals surface area contributed by atoms with E-state index in [1.807, 2.05) is 60.9 Å². The minimum Gasteiger partial charge on any atom is -0.354 e. The summed E-state index contributed by atoms with van der Waals surface area (Å²) < 4.78 is 0. The number of nitrogens with zero attached hydrogens (tertiary/aromatic N) is 6. The molecule has 0 atom stereocenters. The highest BCUT2D eigenvalue weighted by atomic mass is 15.3. The molecule has 1 aliphatic heterocycles. The molecule has 0 bridgehead atoms. The summed E-state index contributed by atoms with van der Waals surface area (Å²) in [5, 5.41) is 0. The molecule has 0 aromatic carbocycles. The third-order valence-electron chi connectivity index (χ3n) is 5.13. The van der Waals surface area contributed by atoms with Gasteiger partial charge in [0.1, 0.15) is 0 Å². The van der Waals surface area contributed by atoms with E-state index in [1.165, 1.54) is 11.1 Å². The molecule has 5 heterocycles. The summed E-state index contributed by atoms with van der Waals surface area (Å²) in [5.41, 5.74) is 5.92. The van der Waals surface area contributed by atoms with Gasteiger partial charge in [0, 0.05) is 50.3 Å². The van der Waals surface area contributed by atoms with Gasteiger partial charge in [-0.1, -0.05) is 24.3 Å². The first kappa shape index (κ1) is 18.9. The van der Waals surface area contributed by atoms with Crippen molar-refractivity contribution in [3.05, 3.63) is 109 Å². The minimum atomic E-state index is 0.819. The van der Waals surface area contributed by atoms with Crippen LogP contribution in [-0.4, -0.2) is 36.4 Å². The second kappa shape index (κ2) is 8.75. The zero-order valence-corrected chi connectivity index (χ0v) is 17.0. The Morgan fingerprint density at radius 2 is 1.03 bits per heavy atom. The summed E-state index contributed by atoms with van der Waals surface area (Å²) in [6.45, 7) is 2.47. The molecular weight excluding hydrogens is 384 g/mol. The lowest BCUT2D eigenvalue weighted by Crippen LogP contribution is -2.24. The number of rotatable bonds is 6. The van der Waals surface area contributed by atoms with E-state index in [9.17, 15) is 0 Å². The maximum Gasteiger partial charge on any atom is 0.0900 e. The molecule has 0 fully saturated rings. The van der Waals surface area contributed by atoms with Crippen LogP contribution >= 0.6 is 0 Å². The molecule has 31 heavy (non-hydrogen) atoms. The van der Waals surface area contributed by atoms with Crippen molar-refractivity contribution in [2.45, 2.75) is 13.1 Å². The van der Waals surface area contributed by atoms with Crippen LogP contribution in [0.2, 0.25) is 0 Å². The molecule has 6 heteroatoms. The molecule has 0 saturated carbocycles. The Hall–Kier alpha value is -4.06. The smallest absolute Gasteiger partial charge is 0.0900 e. The van der Waals surface area contributed by atoms with Crippen LogP contribution in [0.5, 0.6) is 0 Å². The van der Waals surface area contributed by atoms with Gasteiger partial charge in [-0.25, -0.2) is 0 Å². The van der Waals surface area contributed by atoms with E-state index in [2.05, 4.69) is 54.3 Å². The van der Waals surface area contributed by atoms with E-state index in [0.29, 0.717) is 0 Å². The number of pyridine rings is 4. The van der Waals surface area contributed by atoms with Gasteiger partial charge in [0.15, 0.2) is 0 Å². The molecule has 0 amide bonds. The Labute approximate surface area is 181 Å². The van der Waals surface area contributed by atoms with Crippen LogP contribution in [0.15, 0.2) is 97.9 Å². The molecule has 0 aliphatic carbocycles. The molecule has 0 saturated heterocycles. The normalized spacial score (nSPS) is 13.0. The van der Waals surface area contributed by atoms with Crippen LogP contribution in [0.25, 0.3) is 22.8 Å². The molecule has 1 aliphatic rings. The summed E-state index contributed by atoms with van der Waals surface area (Å²) in [5.74, 6) is 0. The number of hydrogen-bond donors (Lipinski definition) is 0. The van der Waals surface area contributed by atoms with Crippen LogP contribution in [0.4, 0.5) is 0 Å². The van der Waals surface area contributed by atoms with Gasteiger partial charge in [-0.15, -0.1) is 0 Å². The van der Waals surface area contributed by atoms with Gasteiger partial charge in [0.25, 0.3) is 0 Å². The van der Waals surface area contributed by atoms with Crippen LogP contribution in [0.3, 0.4) is 0 Å². The quantitative estimate of drug-likeness (QED) is 0.475. The van der Waals surface area contributed by atoms with Crippen molar-refractivity contribution in [3.63, 3.8) is 0 Å². The molecule has 6 nitrogen and oxygen atoms in total. The fourth-order valence-electron chi connectivity index (χ4n) is 3.56. The van der Waals surface area contributed by atoms with Crippen molar-refractivity contribution < 1.29 is 0 Å². The van der Waals surface area contributed by atoms with E-state index in [1.54, 1.807) is 12.4 Å². The third-order valence-corrected chi connectivity index (χ3v) is 5.13. The zero-order valence-electron chi connectivity index (χ0n) is 17.0. The van der Waals surface area contributed by atoms with Crippen LogP contribution < -0.4 is 0 Å². The molecule has 5 rings (SSSR count). The highest BCUT2D eigenvalue weighted by Crippen LogP contribution is 2.18. The second-order valence-corrected chi connectivity index (χ2v) is 7.47. The first-order chi connectivity index (χ1) is 15.3. The Morgan fingerprint density at radius 1 is 0.548 bits per heavy atom. The molecular formula is C25H22N6. The summed E-state index contributed by atoms with van der Waals surface area (Å²) in [6.07, 6.45) is 11.7. The maximum absolute atomic E-state index is 4.57. The average Bonchev–Trinajstić information content (AvgIpc) is 3.28. The lowest BCUT2D eigenvalue weighted by atomic mass is 10.2. The first-order valence-electron chi connectivity index (χ1n) is 10.2. The topological polar surface area (TPSA) is 58.0 Å². The monoisotopic (exact) mass is 406 g/mol. The predicted octanol–water partition coefficient (Wildman–Crippen LogP) is 4.35. The Bertz CT molecular complexity index is 1050. The SMILES string of the molecule is C1=CN(Cc2ccc(-c3ccccn3)nc2)CN1Cc1ccc(-c2ccccn2)nc1. The average molecular weight is 406 g/mol. The number of hydrogen-bond acceptors (Lipinski definition) is 6. The predicted molar refractivity (Wildman–Crippen MR) is 120 cm³/mol. The van der Waals surface area contributed by atoms with E-state index < -0.39 is 0 Å². The number of aromatic nitrogens is 4. The fourth-order valence-corrected chi connectivity index (χ4v) is 3.56. The van der Waals surface area contributed by atoms with Crippen molar-refractivity contribution >= 4 is 0 Å². The Balaban J connectivity index is 1.16. The molecule has 0 unspecified atom stereocenters. The van der Waals surface area contributed by atoms with E-state index in [4.69, 9.17) is 0 Å². The van der Waals surface area contributed by atoms with Gasteiger partial charge in [-0.3, -0.25) is 19.9 Å². The molecule has 4 aromatic rings. The largest absolute Gasteiger partial charge is 0.354 e. The van der Waals surface area contributed by atoms with Crippen molar-refractivity contribution in [3.8, 4) is 22.8 Å². The van der Waals surface area contributed by atoms with E-state index >= 15 is 0 Å². The van der Waals surface area contributed by atoms with Crippen LogP contribution in [0.1, 0.15) is 11.1 Å². The molecule has 4 aromatic heterocycles. The van der Waals surface area contributed by atoms with Gasteiger partial charge in [0.05, 0.1) is 29.4 Å². The van der Waals surface area contributed by atoms with Crippen LogP contribution in [0, 0.1) is 0 Å². The first-order valence-corrected chi connectivity index (χ1v) is 10.2. The van der Waals surface area contributed by atoms with Gasteiger partial charge < -0.3 is 9.80 Å². The second-order valence-electron chi connectivity index (χ2n) is 7.47.